The summed E-state index contributed by atoms with van der Waals surface area (Å²) >= 11 is 0. The molecule has 0 saturated carbocycles. The van der Waals surface area contributed by atoms with Crippen LogP contribution in [0.25, 0.3) is 0 Å². The van der Waals surface area contributed by atoms with Crippen LogP contribution in [-0.4, -0.2) is 25.3 Å². The first kappa shape index (κ1) is 16.3. The van der Waals surface area contributed by atoms with Gasteiger partial charge in [-0.2, -0.15) is 4.31 Å². The molecule has 1 fully saturated rings. The lowest BCUT2D eigenvalue weighted by atomic mass is 9.97. The Balaban J connectivity index is 2.49. The molecule has 3 N–H and O–H groups in total. The molecule has 0 bridgehead atoms. The first-order chi connectivity index (χ1) is 9.77. The summed E-state index contributed by atoms with van der Waals surface area (Å²) in [6.45, 7) is 8.33. The summed E-state index contributed by atoms with van der Waals surface area (Å²) in [5, 5.41) is 0. The average Bonchev–Trinajstić information content (AvgIpc) is 2.40. The number of nitrogens with zero attached hydrogens (tertiary/aromatic N) is 1. The van der Waals surface area contributed by atoms with Crippen LogP contribution < -0.4 is 11.3 Å². The molecule has 2 atom stereocenters. The lowest BCUT2D eigenvalue weighted by molar-refractivity contribution is 0.218. The second kappa shape index (κ2) is 5.94. The number of benzene rings is 1. The van der Waals surface area contributed by atoms with Gasteiger partial charge < -0.3 is 5.43 Å². The van der Waals surface area contributed by atoms with Crippen molar-refractivity contribution in [3.63, 3.8) is 0 Å². The van der Waals surface area contributed by atoms with Crippen LogP contribution in [0, 0.1) is 19.8 Å². The maximum absolute atomic E-state index is 13.1. The molecule has 0 aromatic heterocycles. The van der Waals surface area contributed by atoms with E-state index in [1.807, 2.05) is 20.8 Å². The molecule has 2 rings (SSSR count). The Kier molecular flexibility index (Phi) is 4.60. The Morgan fingerprint density at radius 2 is 1.76 bits per heavy atom. The van der Waals surface area contributed by atoms with E-state index < -0.39 is 10.0 Å². The van der Waals surface area contributed by atoms with Crippen molar-refractivity contribution in [3.8, 4) is 0 Å². The Labute approximate surface area is 127 Å². The Hall–Kier alpha value is -1.11. The van der Waals surface area contributed by atoms with Gasteiger partial charge in [-0.15, -0.1) is 0 Å². The highest BCUT2D eigenvalue weighted by Crippen LogP contribution is 2.32. The highest BCUT2D eigenvalue weighted by Gasteiger charge is 2.35. The number of sulfonamides is 1. The smallest absolute Gasteiger partial charge is 0.243 e. The van der Waals surface area contributed by atoms with Crippen molar-refractivity contribution in [2.24, 2.45) is 11.8 Å². The number of hydrogen-bond donors (Lipinski definition) is 2. The molecule has 1 saturated heterocycles. The molecular formula is C15H25N3O2S. The SMILES string of the molecule is Cc1cc(NN)cc(C)c1S(=O)(=O)N1CC(C)CCC1C. The fourth-order valence-electron chi connectivity index (χ4n) is 3.14. The molecule has 0 amide bonds. The minimum atomic E-state index is -3.47. The number of rotatable bonds is 3. The summed E-state index contributed by atoms with van der Waals surface area (Å²) in [6, 6.07) is 3.60. The first-order valence-electron chi connectivity index (χ1n) is 7.37. The molecule has 1 aliphatic rings. The molecule has 118 valence electrons. The molecule has 1 heterocycles. The summed E-state index contributed by atoms with van der Waals surface area (Å²) < 4.78 is 27.8. The van der Waals surface area contributed by atoms with E-state index in [2.05, 4.69) is 12.3 Å². The predicted molar refractivity (Wildman–Crippen MR) is 85.5 cm³/mol. The fourth-order valence-corrected chi connectivity index (χ4v) is 5.34. The topological polar surface area (TPSA) is 75.4 Å². The summed E-state index contributed by atoms with van der Waals surface area (Å²) in [7, 11) is -3.47. The van der Waals surface area contributed by atoms with Gasteiger partial charge in [0, 0.05) is 18.3 Å². The van der Waals surface area contributed by atoms with Crippen LogP contribution in [0.15, 0.2) is 17.0 Å². The van der Waals surface area contributed by atoms with Crippen LogP contribution >= 0.6 is 0 Å². The molecule has 0 aliphatic carbocycles. The third kappa shape index (κ3) is 3.07. The number of aryl methyl sites for hydroxylation is 2. The van der Waals surface area contributed by atoms with Gasteiger partial charge in [-0.3, -0.25) is 5.84 Å². The van der Waals surface area contributed by atoms with Gasteiger partial charge in [-0.05, 0) is 62.8 Å². The highest BCUT2D eigenvalue weighted by atomic mass is 32.2. The maximum Gasteiger partial charge on any atom is 0.243 e. The van der Waals surface area contributed by atoms with Gasteiger partial charge >= 0.3 is 0 Å². The summed E-state index contributed by atoms with van der Waals surface area (Å²) in [6.07, 6.45) is 2.00. The van der Waals surface area contributed by atoms with Crippen LogP contribution in [0.2, 0.25) is 0 Å². The zero-order valence-corrected chi connectivity index (χ0v) is 14.0. The number of piperidine rings is 1. The number of nitrogens with one attached hydrogen (secondary N) is 1. The molecule has 0 radical (unpaired) electrons. The molecule has 1 aromatic carbocycles. The van der Waals surface area contributed by atoms with E-state index in [0.717, 1.165) is 29.7 Å². The number of nitrogens with two attached hydrogens (primary N) is 1. The van der Waals surface area contributed by atoms with Gasteiger partial charge in [0.1, 0.15) is 0 Å². The standard InChI is InChI=1S/C15H25N3O2S/c1-10-5-6-13(4)18(9-10)21(19,20)15-11(2)7-14(17-16)8-12(15)3/h7-8,10,13,17H,5-6,9,16H2,1-4H3. The number of hydrogen-bond acceptors (Lipinski definition) is 4. The molecule has 6 heteroatoms. The van der Waals surface area contributed by atoms with Crippen molar-refractivity contribution in [1.29, 1.82) is 0 Å². The molecule has 2 unspecified atom stereocenters. The van der Waals surface area contributed by atoms with E-state index in [0.29, 0.717) is 17.4 Å². The number of hydrazine groups is 1. The maximum atomic E-state index is 13.1. The Morgan fingerprint density at radius 1 is 1.19 bits per heavy atom. The Bertz CT molecular complexity index is 605. The van der Waals surface area contributed by atoms with Crippen molar-refractivity contribution in [1.82, 2.24) is 4.31 Å². The van der Waals surface area contributed by atoms with E-state index in [9.17, 15) is 8.42 Å². The highest BCUT2D eigenvalue weighted by molar-refractivity contribution is 7.89. The zero-order valence-electron chi connectivity index (χ0n) is 13.2. The van der Waals surface area contributed by atoms with Crippen molar-refractivity contribution < 1.29 is 8.42 Å². The summed E-state index contributed by atoms with van der Waals surface area (Å²) in [5.74, 6) is 5.82. The number of nitrogen functional groups attached to an aromatic ring is 1. The van der Waals surface area contributed by atoms with Crippen molar-refractivity contribution in [2.45, 2.75) is 51.5 Å². The number of anilines is 1. The second-order valence-corrected chi connectivity index (χ2v) is 8.02. The summed E-state index contributed by atoms with van der Waals surface area (Å²) in [5.41, 5.74) is 4.76. The molecule has 21 heavy (non-hydrogen) atoms. The Morgan fingerprint density at radius 3 is 2.29 bits per heavy atom. The first-order valence-corrected chi connectivity index (χ1v) is 8.81. The van der Waals surface area contributed by atoms with Crippen LogP contribution in [0.1, 0.15) is 37.8 Å². The monoisotopic (exact) mass is 311 g/mol. The minimum absolute atomic E-state index is 0.0531. The van der Waals surface area contributed by atoms with Gasteiger partial charge in [0.2, 0.25) is 10.0 Å². The van der Waals surface area contributed by atoms with Crippen molar-refractivity contribution >= 4 is 15.7 Å². The van der Waals surface area contributed by atoms with Gasteiger partial charge in [0.15, 0.2) is 0 Å². The second-order valence-electron chi connectivity index (χ2n) is 6.19. The van der Waals surface area contributed by atoms with Crippen LogP contribution in [0.4, 0.5) is 5.69 Å². The quantitative estimate of drug-likeness (QED) is 0.664. The fraction of sp³-hybridized carbons (Fsp3) is 0.600. The van der Waals surface area contributed by atoms with Crippen LogP contribution in [0.3, 0.4) is 0 Å². The lowest BCUT2D eigenvalue weighted by Gasteiger charge is -2.36. The molecule has 1 aliphatic heterocycles. The van der Waals surface area contributed by atoms with Crippen molar-refractivity contribution in [2.75, 3.05) is 12.0 Å². The molecule has 5 nitrogen and oxygen atoms in total. The summed E-state index contributed by atoms with van der Waals surface area (Å²) in [4.78, 5) is 0.419. The predicted octanol–water partition coefficient (Wildman–Crippen LogP) is 2.40. The third-order valence-corrected chi connectivity index (χ3v) is 6.54. The minimum Gasteiger partial charge on any atom is -0.324 e. The largest absolute Gasteiger partial charge is 0.324 e. The zero-order chi connectivity index (χ0) is 15.8. The normalized spacial score (nSPS) is 24.0. The van der Waals surface area contributed by atoms with E-state index in [-0.39, 0.29) is 6.04 Å². The van der Waals surface area contributed by atoms with E-state index in [1.54, 1.807) is 16.4 Å². The van der Waals surface area contributed by atoms with Gasteiger partial charge in [-0.1, -0.05) is 6.92 Å². The van der Waals surface area contributed by atoms with E-state index >= 15 is 0 Å². The van der Waals surface area contributed by atoms with E-state index in [4.69, 9.17) is 5.84 Å². The van der Waals surface area contributed by atoms with Gasteiger partial charge in [0.25, 0.3) is 0 Å². The van der Waals surface area contributed by atoms with Gasteiger partial charge in [0.05, 0.1) is 4.90 Å². The van der Waals surface area contributed by atoms with E-state index in [1.165, 1.54) is 0 Å². The van der Waals surface area contributed by atoms with Gasteiger partial charge in [-0.25, -0.2) is 8.42 Å². The van der Waals surface area contributed by atoms with Crippen molar-refractivity contribution in [3.05, 3.63) is 23.3 Å². The lowest BCUT2D eigenvalue weighted by Crippen LogP contribution is -2.45. The van der Waals surface area contributed by atoms with Crippen LogP contribution in [-0.2, 0) is 10.0 Å². The molecule has 0 spiro atoms. The third-order valence-electron chi connectivity index (χ3n) is 4.25. The molecule has 1 aromatic rings. The van der Waals surface area contributed by atoms with Crippen LogP contribution in [0.5, 0.6) is 0 Å². The molecular weight excluding hydrogens is 286 g/mol. The average molecular weight is 311 g/mol.